The fourth-order valence-corrected chi connectivity index (χ4v) is 1.85. The summed E-state index contributed by atoms with van der Waals surface area (Å²) in [6.45, 7) is 3.89. The lowest BCUT2D eigenvalue weighted by Gasteiger charge is -2.16. The van der Waals surface area contributed by atoms with Gasteiger partial charge in [0, 0.05) is 6.54 Å². The van der Waals surface area contributed by atoms with E-state index in [0.717, 1.165) is 31.1 Å². The third kappa shape index (κ3) is 5.04. The molecule has 0 saturated heterocycles. The van der Waals surface area contributed by atoms with Gasteiger partial charge in [-0.05, 0) is 37.4 Å². The summed E-state index contributed by atoms with van der Waals surface area (Å²) in [7, 11) is 1.64. The number of nitrogens with one attached hydrogen (secondary N) is 1. The molecule has 0 aliphatic heterocycles. The Morgan fingerprint density at radius 3 is 2.76 bits per heavy atom. The molecule has 4 heteroatoms. The van der Waals surface area contributed by atoms with Gasteiger partial charge in [0.1, 0.15) is 11.6 Å². The molecule has 1 aromatic heterocycles. The molecule has 96 valence electrons. The molecular formula is C13H23N3O. The zero-order valence-electron chi connectivity index (χ0n) is 10.8. The fourth-order valence-electron chi connectivity index (χ4n) is 1.85. The van der Waals surface area contributed by atoms with Crippen LogP contribution in [0.1, 0.15) is 26.2 Å². The Kier molecular flexibility index (Phi) is 6.40. The second-order valence-corrected chi connectivity index (χ2v) is 4.20. The summed E-state index contributed by atoms with van der Waals surface area (Å²) >= 11 is 0. The predicted molar refractivity (Wildman–Crippen MR) is 71.3 cm³/mol. The molecule has 4 nitrogen and oxygen atoms in total. The van der Waals surface area contributed by atoms with Gasteiger partial charge >= 0.3 is 0 Å². The molecule has 0 aromatic carbocycles. The molecule has 0 saturated carbocycles. The number of anilines is 1. The zero-order chi connectivity index (χ0) is 12.5. The quantitative estimate of drug-likeness (QED) is 0.728. The second-order valence-electron chi connectivity index (χ2n) is 4.20. The first kappa shape index (κ1) is 13.8. The van der Waals surface area contributed by atoms with Crippen molar-refractivity contribution >= 4 is 5.82 Å². The van der Waals surface area contributed by atoms with Gasteiger partial charge in [-0.15, -0.1) is 0 Å². The van der Waals surface area contributed by atoms with Gasteiger partial charge < -0.3 is 15.8 Å². The van der Waals surface area contributed by atoms with E-state index >= 15 is 0 Å². The molecule has 1 heterocycles. The number of nitrogens with zero attached hydrogens (tertiary/aromatic N) is 1. The lowest BCUT2D eigenvalue weighted by Crippen LogP contribution is -2.18. The minimum absolute atomic E-state index is 0.633. The van der Waals surface area contributed by atoms with Crippen molar-refractivity contribution in [1.29, 1.82) is 0 Å². The van der Waals surface area contributed by atoms with E-state index in [1.807, 2.05) is 12.1 Å². The van der Waals surface area contributed by atoms with Crippen molar-refractivity contribution in [3.05, 3.63) is 18.3 Å². The smallest absolute Gasteiger partial charge is 0.137 e. The molecule has 1 rings (SSSR count). The van der Waals surface area contributed by atoms with E-state index in [1.165, 1.54) is 12.8 Å². The van der Waals surface area contributed by atoms with E-state index in [2.05, 4.69) is 17.2 Å². The molecule has 0 bridgehead atoms. The monoisotopic (exact) mass is 237 g/mol. The molecule has 0 fully saturated rings. The normalized spacial score (nSPS) is 12.2. The van der Waals surface area contributed by atoms with Crippen molar-refractivity contribution < 1.29 is 4.74 Å². The van der Waals surface area contributed by atoms with Crippen molar-refractivity contribution in [3.8, 4) is 5.75 Å². The highest BCUT2D eigenvalue weighted by molar-refractivity contribution is 5.37. The number of ether oxygens (including phenoxy) is 1. The van der Waals surface area contributed by atoms with Gasteiger partial charge in [-0.1, -0.05) is 13.3 Å². The molecule has 0 spiro atoms. The highest BCUT2D eigenvalue weighted by Gasteiger charge is 2.06. The van der Waals surface area contributed by atoms with Gasteiger partial charge in [0.05, 0.1) is 13.3 Å². The number of nitrogens with two attached hydrogens (primary N) is 1. The summed E-state index contributed by atoms with van der Waals surface area (Å²) in [5.41, 5.74) is 5.61. The Morgan fingerprint density at radius 1 is 1.41 bits per heavy atom. The maximum Gasteiger partial charge on any atom is 0.137 e. The minimum Gasteiger partial charge on any atom is -0.495 e. The zero-order valence-corrected chi connectivity index (χ0v) is 10.8. The molecule has 0 radical (unpaired) electrons. The Labute approximate surface area is 104 Å². The van der Waals surface area contributed by atoms with E-state index in [-0.39, 0.29) is 0 Å². The van der Waals surface area contributed by atoms with Crippen molar-refractivity contribution in [2.45, 2.75) is 26.2 Å². The van der Waals surface area contributed by atoms with Crippen LogP contribution in [-0.2, 0) is 0 Å². The summed E-state index contributed by atoms with van der Waals surface area (Å²) in [6.07, 6.45) is 5.19. The summed E-state index contributed by atoms with van der Waals surface area (Å²) in [6, 6.07) is 3.84. The Morgan fingerprint density at radius 2 is 2.24 bits per heavy atom. The van der Waals surface area contributed by atoms with Crippen LogP contribution in [0.2, 0.25) is 0 Å². The Balaban J connectivity index is 2.41. The SMILES string of the molecule is CCCC(CCN)CNc1ccc(OC)cn1. The first-order valence-electron chi connectivity index (χ1n) is 6.24. The largest absolute Gasteiger partial charge is 0.495 e. The van der Waals surface area contributed by atoms with Gasteiger partial charge in [-0.3, -0.25) is 0 Å². The van der Waals surface area contributed by atoms with E-state index in [9.17, 15) is 0 Å². The highest BCUT2D eigenvalue weighted by atomic mass is 16.5. The fraction of sp³-hybridized carbons (Fsp3) is 0.615. The van der Waals surface area contributed by atoms with Gasteiger partial charge in [-0.25, -0.2) is 4.98 Å². The molecule has 17 heavy (non-hydrogen) atoms. The summed E-state index contributed by atoms with van der Waals surface area (Å²) in [4.78, 5) is 4.27. The van der Waals surface area contributed by atoms with Crippen LogP contribution in [0.4, 0.5) is 5.82 Å². The molecule has 1 aromatic rings. The number of methoxy groups -OCH3 is 1. The van der Waals surface area contributed by atoms with Crippen LogP contribution in [0.15, 0.2) is 18.3 Å². The molecule has 0 amide bonds. The van der Waals surface area contributed by atoms with E-state index in [4.69, 9.17) is 10.5 Å². The number of rotatable bonds is 8. The second kappa shape index (κ2) is 7.90. The first-order valence-corrected chi connectivity index (χ1v) is 6.24. The van der Waals surface area contributed by atoms with Gasteiger partial charge in [0.15, 0.2) is 0 Å². The third-order valence-electron chi connectivity index (χ3n) is 2.82. The molecular weight excluding hydrogens is 214 g/mol. The van der Waals surface area contributed by atoms with E-state index in [1.54, 1.807) is 13.3 Å². The maximum absolute atomic E-state index is 5.61. The van der Waals surface area contributed by atoms with Crippen LogP contribution in [0, 0.1) is 5.92 Å². The molecule has 0 aliphatic carbocycles. The average molecular weight is 237 g/mol. The van der Waals surface area contributed by atoms with E-state index in [0.29, 0.717) is 5.92 Å². The standard InChI is InChI=1S/C13H23N3O/c1-3-4-11(7-8-14)9-15-13-6-5-12(17-2)10-16-13/h5-6,10-11H,3-4,7-9,14H2,1-2H3,(H,15,16). The van der Waals surface area contributed by atoms with Crippen LogP contribution in [0.3, 0.4) is 0 Å². The maximum atomic E-state index is 5.61. The van der Waals surface area contributed by atoms with Crippen LogP contribution >= 0.6 is 0 Å². The molecule has 3 N–H and O–H groups in total. The number of aromatic nitrogens is 1. The third-order valence-corrected chi connectivity index (χ3v) is 2.82. The van der Waals surface area contributed by atoms with Gasteiger partial charge in [0.2, 0.25) is 0 Å². The van der Waals surface area contributed by atoms with Crippen LogP contribution in [0.5, 0.6) is 5.75 Å². The lowest BCUT2D eigenvalue weighted by molar-refractivity contribution is 0.413. The molecule has 0 aliphatic rings. The number of hydrogen-bond donors (Lipinski definition) is 2. The Hall–Kier alpha value is -1.29. The summed E-state index contributed by atoms with van der Waals surface area (Å²) in [5.74, 6) is 2.31. The summed E-state index contributed by atoms with van der Waals surface area (Å²) < 4.78 is 5.07. The predicted octanol–water partition coefficient (Wildman–Crippen LogP) is 2.27. The van der Waals surface area contributed by atoms with Crippen molar-refractivity contribution in [2.24, 2.45) is 11.7 Å². The average Bonchev–Trinajstić information content (AvgIpc) is 2.37. The summed E-state index contributed by atoms with van der Waals surface area (Å²) in [5, 5.41) is 3.34. The Bertz CT molecular complexity index is 294. The van der Waals surface area contributed by atoms with Gasteiger partial charge in [0.25, 0.3) is 0 Å². The van der Waals surface area contributed by atoms with E-state index < -0.39 is 0 Å². The van der Waals surface area contributed by atoms with Crippen molar-refractivity contribution in [1.82, 2.24) is 4.98 Å². The number of pyridine rings is 1. The first-order chi connectivity index (χ1) is 8.30. The topological polar surface area (TPSA) is 60.2 Å². The van der Waals surface area contributed by atoms with Crippen LogP contribution < -0.4 is 15.8 Å². The molecule has 1 unspecified atom stereocenters. The van der Waals surface area contributed by atoms with Crippen LogP contribution in [-0.4, -0.2) is 25.2 Å². The minimum atomic E-state index is 0.633. The highest BCUT2D eigenvalue weighted by Crippen LogP contribution is 2.14. The number of hydrogen-bond acceptors (Lipinski definition) is 4. The molecule has 1 atom stereocenters. The van der Waals surface area contributed by atoms with Crippen molar-refractivity contribution in [2.75, 3.05) is 25.5 Å². The van der Waals surface area contributed by atoms with Gasteiger partial charge in [-0.2, -0.15) is 0 Å². The lowest BCUT2D eigenvalue weighted by atomic mass is 10.00. The van der Waals surface area contributed by atoms with Crippen molar-refractivity contribution in [3.63, 3.8) is 0 Å². The van der Waals surface area contributed by atoms with Crippen LogP contribution in [0.25, 0.3) is 0 Å².